The van der Waals surface area contributed by atoms with E-state index in [2.05, 4.69) is 36.4 Å². The van der Waals surface area contributed by atoms with Gasteiger partial charge in [0.25, 0.3) is 0 Å². The second-order valence-corrected chi connectivity index (χ2v) is 10.2. The van der Waals surface area contributed by atoms with Crippen LogP contribution >= 0.6 is 0 Å². The van der Waals surface area contributed by atoms with Crippen LogP contribution in [0.1, 0.15) is 24.0 Å². The largest absolute Gasteiger partial charge is 0.379 e. The lowest BCUT2D eigenvalue weighted by Crippen LogP contribution is -3.11. The number of sulfonamides is 1. The zero-order chi connectivity index (χ0) is 20.1. The summed E-state index contributed by atoms with van der Waals surface area (Å²) in [6.07, 6.45) is 3.63. The Bertz CT molecular complexity index is 887. The molecular weight excluding hydrogens is 384 g/mol. The minimum Gasteiger partial charge on any atom is -0.379 e. The van der Waals surface area contributed by atoms with Crippen LogP contribution < -0.4 is 4.90 Å². The van der Waals surface area contributed by atoms with Crippen LogP contribution in [0.25, 0.3) is 0 Å². The van der Waals surface area contributed by atoms with Crippen molar-refractivity contribution in [3.05, 3.63) is 65.7 Å². The number of morpholine rings is 1. The van der Waals surface area contributed by atoms with E-state index >= 15 is 0 Å². The van der Waals surface area contributed by atoms with E-state index in [0.717, 1.165) is 31.1 Å². The van der Waals surface area contributed by atoms with Gasteiger partial charge in [0, 0.05) is 18.7 Å². The molecule has 0 aromatic heterocycles. The number of nitrogens with zero attached hydrogens (tertiary/aromatic N) is 1. The summed E-state index contributed by atoms with van der Waals surface area (Å²) in [5, 5.41) is 0. The number of quaternary nitrogens is 1. The molecule has 156 valence electrons. The molecule has 0 amide bonds. The van der Waals surface area contributed by atoms with Crippen molar-refractivity contribution < 1.29 is 18.1 Å². The van der Waals surface area contributed by atoms with Gasteiger partial charge in [-0.15, -0.1) is 0 Å². The molecule has 2 aliphatic rings. The van der Waals surface area contributed by atoms with E-state index in [4.69, 9.17) is 4.74 Å². The van der Waals surface area contributed by atoms with Gasteiger partial charge in [-0.2, -0.15) is 4.31 Å². The first kappa shape index (κ1) is 20.5. The second kappa shape index (κ2) is 9.39. The second-order valence-electron chi connectivity index (χ2n) is 8.22. The number of hydrogen-bond acceptors (Lipinski definition) is 3. The normalized spacial score (nSPS) is 23.7. The first-order valence-corrected chi connectivity index (χ1v) is 12.1. The first-order valence-electron chi connectivity index (χ1n) is 10.7. The zero-order valence-corrected chi connectivity index (χ0v) is 17.7. The van der Waals surface area contributed by atoms with E-state index in [9.17, 15) is 8.42 Å². The molecule has 0 unspecified atom stereocenters. The van der Waals surface area contributed by atoms with Gasteiger partial charge in [-0.25, -0.2) is 8.42 Å². The minimum atomic E-state index is -3.42. The van der Waals surface area contributed by atoms with Gasteiger partial charge < -0.3 is 9.64 Å². The molecule has 1 N–H and O–H groups in total. The summed E-state index contributed by atoms with van der Waals surface area (Å²) in [5.41, 5.74) is 2.54. The average molecular weight is 416 g/mol. The minimum absolute atomic E-state index is 0.412. The van der Waals surface area contributed by atoms with E-state index in [1.54, 1.807) is 11.0 Å². The van der Waals surface area contributed by atoms with Crippen molar-refractivity contribution >= 4 is 10.0 Å². The number of hydrogen-bond donors (Lipinski definition) is 1. The van der Waals surface area contributed by atoms with Crippen LogP contribution in [0.2, 0.25) is 0 Å². The van der Waals surface area contributed by atoms with E-state index < -0.39 is 10.0 Å². The van der Waals surface area contributed by atoms with E-state index in [1.807, 2.05) is 12.1 Å². The van der Waals surface area contributed by atoms with E-state index in [-0.39, 0.29) is 0 Å². The summed E-state index contributed by atoms with van der Waals surface area (Å²) in [7, 11) is -3.42. The maximum atomic E-state index is 12.9. The Labute approximate surface area is 174 Å². The summed E-state index contributed by atoms with van der Waals surface area (Å²) in [5.74, 6) is 0.759. The number of nitrogens with one attached hydrogen (secondary N) is 1. The van der Waals surface area contributed by atoms with Crippen molar-refractivity contribution in [2.75, 3.05) is 39.4 Å². The van der Waals surface area contributed by atoms with Crippen LogP contribution in [0.3, 0.4) is 0 Å². The Morgan fingerprint density at radius 2 is 1.62 bits per heavy atom. The maximum absolute atomic E-state index is 12.9. The number of rotatable bonds is 6. The highest BCUT2D eigenvalue weighted by Crippen LogP contribution is 2.19. The van der Waals surface area contributed by atoms with E-state index in [1.165, 1.54) is 29.1 Å². The first-order chi connectivity index (χ1) is 14.1. The third-order valence-electron chi connectivity index (χ3n) is 6.14. The fourth-order valence-corrected chi connectivity index (χ4v) is 5.93. The van der Waals surface area contributed by atoms with Crippen LogP contribution in [-0.4, -0.2) is 52.1 Å². The summed E-state index contributed by atoms with van der Waals surface area (Å²) < 4.78 is 32.7. The molecule has 2 aromatic rings. The Morgan fingerprint density at radius 3 is 2.34 bits per heavy atom. The van der Waals surface area contributed by atoms with Gasteiger partial charge in [-0.05, 0) is 42.9 Å². The molecular formula is C23H31N2O3S+. The van der Waals surface area contributed by atoms with Crippen molar-refractivity contribution in [3.8, 4) is 0 Å². The third-order valence-corrected chi connectivity index (χ3v) is 8.03. The summed E-state index contributed by atoms with van der Waals surface area (Å²) >= 11 is 0. The van der Waals surface area contributed by atoms with Crippen molar-refractivity contribution in [2.24, 2.45) is 5.92 Å². The van der Waals surface area contributed by atoms with Gasteiger partial charge in [0.1, 0.15) is 6.54 Å². The molecule has 29 heavy (non-hydrogen) atoms. The predicted octanol–water partition coefficient (Wildman–Crippen LogP) is 1.75. The highest BCUT2D eigenvalue weighted by atomic mass is 32.2. The molecule has 0 saturated carbocycles. The maximum Gasteiger partial charge on any atom is 0.243 e. The number of likely N-dealkylation sites (tertiary alicyclic amines) is 1. The Balaban J connectivity index is 1.34. The molecule has 2 fully saturated rings. The number of piperidine rings is 1. The van der Waals surface area contributed by atoms with Crippen LogP contribution in [0.15, 0.2) is 59.5 Å². The van der Waals surface area contributed by atoms with Crippen molar-refractivity contribution in [3.63, 3.8) is 0 Å². The van der Waals surface area contributed by atoms with Crippen molar-refractivity contribution in [1.82, 2.24) is 4.31 Å². The Morgan fingerprint density at radius 1 is 0.931 bits per heavy atom. The molecule has 2 aromatic carbocycles. The fraction of sp³-hybridized carbons (Fsp3) is 0.478. The van der Waals surface area contributed by atoms with Gasteiger partial charge in [0.2, 0.25) is 10.0 Å². The van der Waals surface area contributed by atoms with E-state index in [0.29, 0.717) is 31.2 Å². The fourth-order valence-electron chi connectivity index (χ4n) is 4.45. The van der Waals surface area contributed by atoms with Crippen LogP contribution in [-0.2, 0) is 27.7 Å². The third kappa shape index (κ3) is 5.25. The van der Waals surface area contributed by atoms with Gasteiger partial charge >= 0.3 is 0 Å². The lowest BCUT2D eigenvalue weighted by Gasteiger charge is -2.29. The smallest absolute Gasteiger partial charge is 0.243 e. The van der Waals surface area contributed by atoms with Crippen molar-refractivity contribution in [2.45, 2.75) is 30.7 Å². The van der Waals surface area contributed by atoms with Gasteiger partial charge in [-0.3, -0.25) is 0 Å². The molecule has 5 nitrogen and oxygen atoms in total. The molecule has 2 saturated heterocycles. The van der Waals surface area contributed by atoms with Crippen molar-refractivity contribution in [1.29, 1.82) is 0 Å². The number of benzene rings is 2. The Hall–Kier alpha value is -1.73. The highest BCUT2D eigenvalue weighted by Gasteiger charge is 2.27. The Kier molecular flexibility index (Phi) is 6.65. The molecule has 0 aliphatic carbocycles. The van der Waals surface area contributed by atoms with Gasteiger partial charge in [-0.1, -0.05) is 42.5 Å². The molecule has 4 rings (SSSR count). The molecule has 2 aliphatic heterocycles. The number of ether oxygens (including phenoxy) is 1. The molecule has 0 spiro atoms. The quantitative estimate of drug-likeness (QED) is 0.782. The summed E-state index contributed by atoms with van der Waals surface area (Å²) in [4.78, 5) is 1.96. The summed E-state index contributed by atoms with van der Waals surface area (Å²) in [6.45, 7) is 5.02. The molecule has 6 heteroatoms. The van der Waals surface area contributed by atoms with Crippen LogP contribution in [0.4, 0.5) is 0 Å². The predicted molar refractivity (Wildman–Crippen MR) is 113 cm³/mol. The molecule has 0 radical (unpaired) electrons. The average Bonchev–Trinajstić information content (AvgIpc) is 2.77. The van der Waals surface area contributed by atoms with Crippen LogP contribution in [0, 0.1) is 5.92 Å². The standard InChI is InChI=1S/C23H30N2O3S/c26-29(27,25-13-15-28-16-14-25)23-8-4-7-22(18-23)19-24-11-9-21(10-12-24)17-20-5-2-1-3-6-20/h1-8,18,21H,9-17,19H2/p+1. The topological polar surface area (TPSA) is 51.0 Å². The lowest BCUT2D eigenvalue weighted by atomic mass is 9.90. The highest BCUT2D eigenvalue weighted by molar-refractivity contribution is 7.89. The molecule has 2 heterocycles. The zero-order valence-electron chi connectivity index (χ0n) is 16.9. The van der Waals surface area contributed by atoms with Gasteiger partial charge in [0.15, 0.2) is 0 Å². The molecule has 0 atom stereocenters. The monoisotopic (exact) mass is 415 g/mol. The van der Waals surface area contributed by atoms with Gasteiger partial charge in [0.05, 0.1) is 31.2 Å². The lowest BCUT2D eigenvalue weighted by molar-refractivity contribution is -0.919. The van der Waals surface area contributed by atoms with Crippen LogP contribution in [0.5, 0.6) is 0 Å². The SMILES string of the molecule is O=S(=O)(c1cccc(C[NH+]2CCC(Cc3ccccc3)CC2)c1)N1CCOCC1. The summed E-state index contributed by atoms with van der Waals surface area (Å²) in [6, 6.07) is 18.3. The molecule has 0 bridgehead atoms.